The molecule has 0 N–H and O–H groups in total. The van der Waals surface area contributed by atoms with Gasteiger partial charge in [-0.05, 0) is 30.6 Å². The second-order valence-corrected chi connectivity index (χ2v) is 4.71. The Morgan fingerprint density at radius 2 is 2.15 bits per heavy atom. The monoisotopic (exact) mass is 267 g/mol. The van der Waals surface area contributed by atoms with Gasteiger partial charge in [0.2, 0.25) is 0 Å². The van der Waals surface area contributed by atoms with E-state index in [0.29, 0.717) is 0 Å². The molecule has 0 saturated heterocycles. The SMILES string of the molecule is C=CC(=C\C=C(/CC)N(C)CC)/C1=C/C=C\CC#CC1. The molecule has 0 aromatic carbocycles. The highest BCUT2D eigenvalue weighted by molar-refractivity contribution is 5.45. The topological polar surface area (TPSA) is 3.24 Å². The third-order valence-corrected chi connectivity index (χ3v) is 3.43. The van der Waals surface area contributed by atoms with Crippen LogP contribution in [0.4, 0.5) is 0 Å². The Bertz CT molecular complexity index is 504. The number of hydrogen-bond acceptors (Lipinski definition) is 1. The molecule has 20 heavy (non-hydrogen) atoms. The first-order valence-corrected chi connectivity index (χ1v) is 7.29. The van der Waals surface area contributed by atoms with Crippen LogP contribution in [-0.2, 0) is 0 Å². The molecule has 1 heteroatoms. The summed E-state index contributed by atoms with van der Waals surface area (Å²) in [6.45, 7) is 9.31. The first-order chi connectivity index (χ1) is 9.72. The van der Waals surface area contributed by atoms with Crippen LogP contribution in [0, 0.1) is 11.8 Å². The molecule has 0 aromatic rings. The molecular weight excluding hydrogens is 242 g/mol. The maximum atomic E-state index is 3.93. The van der Waals surface area contributed by atoms with Crippen LogP contribution < -0.4 is 0 Å². The lowest BCUT2D eigenvalue weighted by atomic mass is 10.0. The lowest BCUT2D eigenvalue weighted by Crippen LogP contribution is -2.16. The molecule has 106 valence electrons. The highest BCUT2D eigenvalue weighted by atomic mass is 15.1. The van der Waals surface area contributed by atoms with Gasteiger partial charge in [0.05, 0.1) is 0 Å². The minimum absolute atomic E-state index is 0.793. The lowest BCUT2D eigenvalue weighted by Gasteiger charge is -2.19. The van der Waals surface area contributed by atoms with Gasteiger partial charge < -0.3 is 4.90 Å². The van der Waals surface area contributed by atoms with Gasteiger partial charge in [0, 0.05) is 32.1 Å². The van der Waals surface area contributed by atoms with Crippen molar-refractivity contribution in [2.45, 2.75) is 33.1 Å². The van der Waals surface area contributed by atoms with Gasteiger partial charge in [-0.1, -0.05) is 55.7 Å². The summed E-state index contributed by atoms with van der Waals surface area (Å²) in [6.07, 6.45) is 15.2. The quantitative estimate of drug-likeness (QED) is 0.501. The highest BCUT2D eigenvalue weighted by Gasteiger charge is 2.01. The Morgan fingerprint density at radius 1 is 1.35 bits per heavy atom. The first kappa shape index (κ1) is 16.1. The van der Waals surface area contributed by atoms with E-state index in [2.05, 4.69) is 74.6 Å². The zero-order chi connectivity index (χ0) is 14.8. The van der Waals surface area contributed by atoms with E-state index in [1.165, 1.54) is 11.3 Å². The molecule has 0 fully saturated rings. The third-order valence-electron chi connectivity index (χ3n) is 3.43. The summed E-state index contributed by atoms with van der Waals surface area (Å²) < 4.78 is 0. The Morgan fingerprint density at radius 3 is 2.80 bits per heavy atom. The van der Waals surface area contributed by atoms with E-state index in [9.17, 15) is 0 Å². The Labute approximate surface area is 124 Å². The van der Waals surface area contributed by atoms with E-state index in [1.54, 1.807) is 0 Å². The molecule has 1 aliphatic rings. The average molecular weight is 267 g/mol. The van der Waals surface area contributed by atoms with Crippen molar-refractivity contribution in [3.8, 4) is 11.8 Å². The molecule has 0 amide bonds. The van der Waals surface area contributed by atoms with Crippen molar-refractivity contribution in [2.75, 3.05) is 13.6 Å². The normalized spacial score (nSPS) is 19.9. The first-order valence-electron chi connectivity index (χ1n) is 7.29. The van der Waals surface area contributed by atoms with Crippen LogP contribution in [-0.4, -0.2) is 18.5 Å². The van der Waals surface area contributed by atoms with Gasteiger partial charge in [-0.2, -0.15) is 0 Å². The number of allylic oxidation sites excluding steroid dienone is 9. The van der Waals surface area contributed by atoms with Gasteiger partial charge in [-0.15, -0.1) is 0 Å². The summed E-state index contributed by atoms with van der Waals surface area (Å²) in [7, 11) is 2.13. The van der Waals surface area contributed by atoms with Crippen LogP contribution in [0.5, 0.6) is 0 Å². The summed E-state index contributed by atoms with van der Waals surface area (Å²) in [5.41, 5.74) is 3.72. The van der Waals surface area contributed by atoms with Crippen LogP contribution in [0.3, 0.4) is 0 Å². The molecule has 0 saturated carbocycles. The molecule has 0 unspecified atom stereocenters. The van der Waals surface area contributed by atoms with Crippen molar-refractivity contribution in [1.82, 2.24) is 4.90 Å². The molecule has 0 radical (unpaired) electrons. The minimum Gasteiger partial charge on any atom is -0.378 e. The maximum Gasteiger partial charge on any atom is 0.0346 e. The largest absolute Gasteiger partial charge is 0.378 e. The van der Waals surface area contributed by atoms with Crippen molar-refractivity contribution in [2.24, 2.45) is 0 Å². The Balaban J connectivity index is 3.00. The van der Waals surface area contributed by atoms with E-state index in [1.807, 2.05) is 6.08 Å². The zero-order valence-electron chi connectivity index (χ0n) is 12.9. The predicted octanol–water partition coefficient (Wildman–Crippen LogP) is 4.62. The van der Waals surface area contributed by atoms with E-state index >= 15 is 0 Å². The number of rotatable bonds is 6. The van der Waals surface area contributed by atoms with Crippen LogP contribution in [0.2, 0.25) is 0 Å². The predicted molar refractivity (Wildman–Crippen MR) is 89.2 cm³/mol. The second kappa shape index (κ2) is 9.04. The molecule has 0 aliphatic heterocycles. The molecule has 1 rings (SSSR count). The van der Waals surface area contributed by atoms with Crippen molar-refractivity contribution in [1.29, 1.82) is 0 Å². The third kappa shape index (κ3) is 4.97. The molecule has 1 aliphatic carbocycles. The molecule has 0 heterocycles. The van der Waals surface area contributed by atoms with Gasteiger partial charge in [-0.3, -0.25) is 0 Å². The van der Waals surface area contributed by atoms with Crippen LogP contribution in [0.25, 0.3) is 0 Å². The van der Waals surface area contributed by atoms with E-state index in [4.69, 9.17) is 0 Å². The van der Waals surface area contributed by atoms with Crippen molar-refractivity contribution in [3.63, 3.8) is 0 Å². The fourth-order valence-corrected chi connectivity index (χ4v) is 2.01. The lowest BCUT2D eigenvalue weighted by molar-refractivity contribution is 0.428. The van der Waals surface area contributed by atoms with E-state index < -0.39 is 0 Å². The van der Waals surface area contributed by atoms with Gasteiger partial charge in [0.15, 0.2) is 0 Å². The fraction of sp³-hybridized carbons (Fsp3) is 0.368. The second-order valence-electron chi connectivity index (χ2n) is 4.71. The van der Waals surface area contributed by atoms with Gasteiger partial charge in [-0.25, -0.2) is 0 Å². The summed E-state index contributed by atoms with van der Waals surface area (Å²) in [6, 6.07) is 0. The van der Waals surface area contributed by atoms with Gasteiger partial charge >= 0.3 is 0 Å². The van der Waals surface area contributed by atoms with E-state index in [-0.39, 0.29) is 0 Å². The minimum atomic E-state index is 0.793. The molecule has 0 aromatic heterocycles. The smallest absolute Gasteiger partial charge is 0.0346 e. The van der Waals surface area contributed by atoms with Crippen molar-refractivity contribution >= 4 is 0 Å². The van der Waals surface area contributed by atoms with Gasteiger partial charge in [0.25, 0.3) is 0 Å². The van der Waals surface area contributed by atoms with Crippen LogP contribution in [0.1, 0.15) is 33.1 Å². The Hall–Kier alpha value is -1.94. The maximum absolute atomic E-state index is 3.93. The molecule has 1 nitrogen and oxygen atoms in total. The molecule has 0 atom stereocenters. The van der Waals surface area contributed by atoms with Crippen molar-refractivity contribution < 1.29 is 0 Å². The summed E-state index contributed by atoms with van der Waals surface area (Å²) in [5, 5.41) is 0. The summed E-state index contributed by atoms with van der Waals surface area (Å²) >= 11 is 0. The summed E-state index contributed by atoms with van der Waals surface area (Å²) in [4.78, 5) is 2.27. The average Bonchev–Trinajstić information content (AvgIpc) is 2.44. The number of hydrogen-bond donors (Lipinski definition) is 0. The van der Waals surface area contributed by atoms with Crippen molar-refractivity contribution in [3.05, 3.63) is 59.9 Å². The van der Waals surface area contributed by atoms with E-state index in [0.717, 1.165) is 31.4 Å². The Kier molecular flexibility index (Phi) is 7.29. The fourth-order valence-electron chi connectivity index (χ4n) is 2.01. The molecular formula is C19H25N. The highest BCUT2D eigenvalue weighted by Crippen LogP contribution is 2.17. The standard InChI is InChI=1S/C19H25N/c1-5-17(15-16-19(6-2)20(4)7-3)18-13-11-9-8-10-12-14-18/h5,9,11,13,15-16H,1,6-8,14H2,2-4H3/b11-9-,17-15+,18-13+,19-16+. The van der Waals surface area contributed by atoms with Gasteiger partial charge in [0.1, 0.15) is 0 Å². The van der Waals surface area contributed by atoms with Crippen LogP contribution >= 0.6 is 0 Å². The molecule has 0 bridgehead atoms. The molecule has 0 spiro atoms. The zero-order valence-corrected chi connectivity index (χ0v) is 12.9. The summed E-state index contributed by atoms with van der Waals surface area (Å²) in [5.74, 6) is 6.34. The number of nitrogens with zero attached hydrogens (tertiary/aromatic N) is 1. The van der Waals surface area contributed by atoms with Crippen LogP contribution in [0.15, 0.2) is 59.9 Å².